The number of amides is 1. The molecule has 0 radical (unpaired) electrons. The first-order valence-electron chi connectivity index (χ1n) is 5.51. The molecule has 0 aliphatic heterocycles. The molecule has 18 heavy (non-hydrogen) atoms. The van der Waals surface area contributed by atoms with Crippen molar-refractivity contribution in [3.05, 3.63) is 41.2 Å². The Bertz CT molecular complexity index is 550. The Balaban J connectivity index is 2.24. The predicted octanol–water partition coefficient (Wildman–Crippen LogP) is 2.87. The lowest BCUT2D eigenvalue weighted by molar-refractivity contribution is 0.101. The van der Waals surface area contributed by atoms with E-state index in [4.69, 9.17) is 0 Å². The van der Waals surface area contributed by atoms with Gasteiger partial charge in [-0.2, -0.15) is 0 Å². The third-order valence-corrected chi connectivity index (χ3v) is 2.86. The molecule has 0 atom stereocenters. The minimum Gasteiger partial charge on any atom is -0.340 e. The van der Waals surface area contributed by atoms with Crippen LogP contribution in [0.5, 0.6) is 0 Å². The zero-order valence-corrected chi connectivity index (χ0v) is 11.7. The van der Waals surface area contributed by atoms with Gasteiger partial charge in [0.15, 0.2) is 0 Å². The number of nitrogens with one attached hydrogen (secondary N) is 1. The fraction of sp³-hybridized carbons (Fsp3) is 0.250. The van der Waals surface area contributed by atoms with Gasteiger partial charge in [0.25, 0.3) is 5.91 Å². The number of rotatable bonds is 3. The van der Waals surface area contributed by atoms with Crippen LogP contribution in [0, 0.1) is 0 Å². The quantitative estimate of drug-likeness (QED) is 0.948. The molecule has 0 aliphatic rings. The van der Waals surface area contributed by atoms with Crippen LogP contribution in [0.25, 0.3) is 0 Å². The second-order valence-corrected chi connectivity index (χ2v) is 5.04. The van der Waals surface area contributed by atoms with Crippen LogP contribution < -0.4 is 5.32 Å². The van der Waals surface area contributed by atoms with E-state index in [0.29, 0.717) is 11.4 Å². The maximum absolute atomic E-state index is 12.1. The van der Waals surface area contributed by atoms with Gasteiger partial charge >= 0.3 is 0 Å². The van der Waals surface area contributed by atoms with Gasteiger partial charge in [-0.05, 0) is 35.8 Å². The average molecular weight is 309 g/mol. The van der Waals surface area contributed by atoms with E-state index in [1.807, 2.05) is 24.6 Å². The number of carbonyl (C=O) groups is 1. The summed E-state index contributed by atoms with van der Waals surface area (Å²) in [5.74, 6) is -0.177. The lowest BCUT2D eigenvalue weighted by atomic mass is 10.3. The lowest BCUT2D eigenvalue weighted by Gasteiger charge is -2.12. The Labute approximate surface area is 113 Å². The fourth-order valence-corrected chi connectivity index (χ4v) is 2.05. The van der Waals surface area contributed by atoms with Gasteiger partial charge in [0.1, 0.15) is 12.0 Å². The third kappa shape index (κ3) is 2.76. The van der Waals surface area contributed by atoms with Crippen molar-refractivity contribution in [2.75, 3.05) is 5.32 Å². The summed E-state index contributed by atoms with van der Waals surface area (Å²) < 4.78 is 2.79. The molecular weight excluding hydrogens is 296 g/mol. The summed E-state index contributed by atoms with van der Waals surface area (Å²) in [6.45, 7) is 4.05. The van der Waals surface area contributed by atoms with Gasteiger partial charge in [-0.1, -0.05) is 0 Å². The minimum atomic E-state index is -0.177. The van der Waals surface area contributed by atoms with Crippen molar-refractivity contribution < 1.29 is 4.79 Å². The van der Waals surface area contributed by atoms with Crippen molar-refractivity contribution in [2.24, 2.45) is 0 Å². The Morgan fingerprint density at radius 1 is 1.39 bits per heavy atom. The monoisotopic (exact) mass is 308 g/mol. The van der Waals surface area contributed by atoms with Crippen molar-refractivity contribution in [3.8, 4) is 0 Å². The Hall–Kier alpha value is -1.69. The highest BCUT2D eigenvalue weighted by Gasteiger charge is 2.15. The first kappa shape index (κ1) is 12.8. The van der Waals surface area contributed by atoms with E-state index in [2.05, 4.69) is 31.2 Å². The molecule has 6 heteroatoms. The average Bonchev–Trinajstić information content (AvgIpc) is 2.73. The Morgan fingerprint density at radius 2 is 2.06 bits per heavy atom. The number of aromatic nitrogens is 3. The van der Waals surface area contributed by atoms with Crippen LogP contribution in [0.4, 0.5) is 5.69 Å². The second-order valence-electron chi connectivity index (χ2n) is 4.13. The summed E-state index contributed by atoms with van der Waals surface area (Å²) >= 11 is 3.38. The summed E-state index contributed by atoms with van der Waals surface area (Å²) in [7, 11) is 0. The van der Waals surface area contributed by atoms with Crippen molar-refractivity contribution >= 4 is 27.5 Å². The fourth-order valence-electron chi connectivity index (χ4n) is 1.61. The highest BCUT2D eigenvalue weighted by Crippen LogP contribution is 2.20. The molecule has 94 valence electrons. The molecular formula is C12H13BrN4O. The highest BCUT2D eigenvalue weighted by molar-refractivity contribution is 9.10. The number of hydrogen-bond donors (Lipinski definition) is 1. The lowest BCUT2D eigenvalue weighted by Crippen LogP contribution is -2.17. The van der Waals surface area contributed by atoms with Crippen LogP contribution in [0.2, 0.25) is 0 Å². The van der Waals surface area contributed by atoms with E-state index in [1.54, 1.807) is 18.5 Å². The van der Waals surface area contributed by atoms with Crippen LogP contribution in [0.3, 0.4) is 0 Å². The first-order chi connectivity index (χ1) is 8.58. The third-order valence-electron chi connectivity index (χ3n) is 2.42. The standard InChI is InChI=1S/C12H13BrN4O/c1-8(2)17-6-9(13)3-11(17)12(18)16-10-4-14-7-15-5-10/h3-8H,1-2H3,(H,16,18). The summed E-state index contributed by atoms with van der Waals surface area (Å²) in [5.41, 5.74) is 1.18. The van der Waals surface area contributed by atoms with E-state index in [-0.39, 0.29) is 11.9 Å². The summed E-state index contributed by atoms with van der Waals surface area (Å²) in [6, 6.07) is 2.00. The first-order valence-corrected chi connectivity index (χ1v) is 6.31. The molecule has 0 aromatic carbocycles. The molecule has 0 spiro atoms. The van der Waals surface area contributed by atoms with Gasteiger partial charge < -0.3 is 9.88 Å². The van der Waals surface area contributed by atoms with Crippen molar-refractivity contribution in [3.63, 3.8) is 0 Å². The molecule has 0 unspecified atom stereocenters. The van der Waals surface area contributed by atoms with Crippen LogP contribution in [0.15, 0.2) is 35.5 Å². The summed E-state index contributed by atoms with van der Waals surface area (Å²) in [6.07, 6.45) is 6.43. The molecule has 2 heterocycles. The van der Waals surface area contributed by atoms with E-state index < -0.39 is 0 Å². The molecule has 1 N–H and O–H groups in total. The minimum absolute atomic E-state index is 0.177. The summed E-state index contributed by atoms with van der Waals surface area (Å²) in [5, 5.41) is 2.76. The number of anilines is 1. The Kier molecular flexibility index (Phi) is 3.76. The van der Waals surface area contributed by atoms with Gasteiger partial charge in [0, 0.05) is 16.7 Å². The topological polar surface area (TPSA) is 59.8 Å². The molecule has 2 rings (SSSR count). The zero-order valence-electron chi connectivity index (χ0n) is 10.1. The smallest absolute Gasteiger partial charge is 0.272 e. The molecule has 0 saturated carbocycles. The highest BCUT2D eigenvalue weighted by atomic mass is 79.9. The van der Waals surface area contributed by atoms with E-state index in [0.717, 1.165) is 4.47 Å². The molecule has 2 aromatic rings. The summed E-state index contributed by atoms with van der Waals surface area (Å²) in [4.78, 5) is 19.8. The molecule has 2 aromatic heterocycles. The molecule has 0 aliphatic carbocycles. The maximum atomic E-state index is 12.1. The largest absolute Gasteiger partial charge is 0.340 e. The number of nitrogens with zero attached hydrogens (tertiary/aromatic N) is 3. The van der Waals surface area contributed by atoms with Crippen LogP contribution >= 0.6 is 15.9 Å². The van der Waals surface area contributed by atoms with Gasteiger partial charge in [-0.15, -0.1) is 0 Å². The number of halogens is 1. The SMILES string of the molecule is CC(C)n1cc(Br)cc1C(=O)Nc1cncnc1. The van der Waals surface area contributed by atoms with Crippen LogP contribution in [0.1, 0.15) is 30.4 Å². The Morgan fingerprint density at radius 3 is 2.67 bits per heavy atom. The number of carbonyl (C=O) groups excluding carboxylic acids is 1. The normalized spacial score (nSPS) is 10.7. The van der Waals surface area contributed by atoms with Gasteiger partial charge in [0.2, 0.25) is 0 Å². The maximum Gasteiger partial charge on any atom is 0.272 e. The van der Waals surface area contributed by atoms with Crippen LogP contribution in [-0.2, 0) is 0 Å². The van der Waals surface area contributed by atoms with Crippen LogP contribution in [-0.4, -0.2) is 20.4 Å². The predicted molar refractivity (Wildman–Crippen MR) is 72.5 cm³/mol. The van der Waals surface area contributed by atoms with Gasteiger partial charge in [-0.25, -0.2) is 9.97 Å². The van der Waals surface area contributed by atoms with E-state index >= 15 is 0 Å². The van der Waals surface area contributed by atoms with Crippen molar-refractivity contribution in [1.82, 2.24) is 14.5 Å². The molecule has 0 saturated heterocycles. The van der Waals surface area contributed by atoms with Gasteiger partial charge in [-0.3, -0.25) is 4.79 Å². The zero-order chi connectivity index (χ0) is 13.1. The van der Waals surface area contributed by atoms with Crippen molar-refractivity contribution in [1.29, 1.82) is 0 Å². The van der Waals surface area contributed by atoms with E-state index in [1.165, 1.54) is 6.33 Å². The van der Waals surface area contributed by atoms with Gasteiger partial charge in [0.05, 0.1) is 18.1 Å². The van der Waals surface area contributed by atoms with Crippen molar-refractivity contribution in [2.45, 2.75) is 19.9 Å². The molecule has 0 fully saturated rings. The molecule has 1 amide bonds. The molecule has 5 nitrogen and oxygen atoms in total. The second kappa shape index (κ2) is 5.30. The molecule has 0 bridgehead atoms. The number of hydrogen-bond acceptors (Lipinski definition) is 3. The van der Waals surface area contributed by atoms with E-state index in [9.17, 15) is 4.79 Å².